The molecule has 11 heteroatoms. The Hall–Kier alpha value is -1.85. The fourth-order valence-electron chi connectivity index (χ4n) is 2.49. The van der Waals surface area contributed by atoms with Crippen LogP contribution in [0.1, 0.15) is 40.5 Å². The highest BCUT2D eigenvalue weighted by molar-refractivity contribution is 8.13. The molecule has 1 N–H and O–H groups in total. The van der Waals surface area contributed by atoms with E-state index in [2.05, 4.69) is 10.2 Å². The Morgan fingerprint density at radius 2 is 1.74 bits per heavy atom. The van der Waals surface area contributed by atoms with Crippen molar-refractivity contribution in [3.8, 4) is 0 Å². The molecule has 0 saturated carbocycles. The first-order valence-electron chi connectivity index (χ1n) is 10.3. The van der Waals surface area contributed by atoms with Gasteiger partial charge in [-0.2, -0.15) is 0 Å². The second-order valence-electron chi connectivity index (χ2n) is 8.09. The highest BCUT2D eigenvalue weighted by atomic mass is 32.2. The molecule has 1 rings (SSSR count). The van der Waals surface area contributed by atoms with Gasteiger partial charge < -0.3 is 24.3 Å². The molecular weight excluding hydrogens is 428 g/mol. The summed E-state index contributed by atoms with van der Waals surface area (Å²) in [5.41, 5.74) is -0.706. The van der Waals surface area contributed by atoms with Crippen LogP contribution in [0.2, 0.25) is 0 Å². The SMILES string of the molecule is CC(=O)N[C@@H](CSC(=O)OCOC(=O)C(C)(C)C)C(=O)OCCCCN1CCOCC1. The Kier molecular flexibility index (Phi) is 12.5. The third-order valence-electron chi connectivity index (χ3n) is 4.23. The van der Waals surface area contributed by atoms with Crippen LogP contribution in [0.3, 0.4) is 0 Å². The average molecular weight is 463 g/mol. The summed E-state index contributed by atoms with van der Waals surface area (Å²) < 4.78 is 20.2. The molecule has 0 unspecified atom stereocenters. The van der Waals surface area contributed by atoms with E-state index in [9.17, 15) is 19.2 Å². The quantitative estimate of drug-likeness (QED) is 0.275. The van der Waals surface area contributed by atoms with Crippen molar-refractivity contribution in [3.05, 3.63) is 0 Å². The Labute approximate surface area is 187 Å². The summed E-state index contributed by atoms with van der Waals surface area (Å²) in [4.78, 5) is 49.4. The van der Waals surface area contributed by atoms with Crippen LogP contribution in [0.5, 0.6) is 0 Å². The minimum absolute atomic E-state index is 0.0573. The molecule has 10 nitrogen and oxygen atoms in total. The van der Waals surface area contributed by atoms with Gasteiger partial charge in [-0.25, -0.2) is 9.59 Å². The number of rotatable bonds is 11. The Bertz CT molecular complexity index is 602. The number of nitrogens with one attached hydrogen (secondary N) is 1. The van der Waals surface area contributed by atoms with E-state index >= 15 is 0 Å². The van der Waals surface area contributed by atoms with E-state index in [4.69, 9.17) is 18.9 Å². The van der Waals surface area contributed by atoms with Gasteiger partial charge in [-0.3, -0.25) is 14.5 Å². The Balaban J connectivity index is 2.28. The molecule has 0 radical (unpaired) electrons. The number of hydrogen-bond acceptors (Lipinski definition) is 10. The van der Waals surface area contributed by atoms with E-state index in [1.54, 1.807) is 20.8 Å². The smallest absolute Gasteiger partial charge is 0.370 e. The van der Waals surface area contributed by atoms with Crippen molar-refractivity contribution in [3.63, 3.8) is 0 Å². The van der Waals surface area contributed by atoms with Crippen LogP contribution >= 0.6 is 11.8 Å². The molecule has 1 amide bonds. The highest BCUT2D eigenvalue weighted by Crippen LogP contribution is 2.15. The predicted molar refractivity (Wildman–Crippen MR) is 114 cm³/mol. The van der Waals surface area contributed by atoms with Crippen molar-refractivity contribution in [2.45, 2.75) is 46.6 Å². The van der Waals surface area contributed by atoms with Crippen molar-refractivity contribution in [2.24, 2.45) is 5.41 Å². The fraction of sp³-hybridized carbons (Fsp3) is 0.800. The molecule has 1 aliphatic rings. The molecule has 31 heavy (non-hydrogen) atoms. The van der Waals surface area contributed by atoms with Gasteiger partial charge >= 0.3 is 17.2 Å². The monoisotopic (exact) mass is 462 g/mol. The fourth-order valence-corrected chi connectivity index (χ4v) is 3.14. The molecule has 0 aromatic heterocycles. The van der Waals surface area contributed by atoms with Gasteiger partial charge in [0.15, 0.2) is 0 Å². The van der Waals surface area contributed by atoms with E-state index < -0.39 is 41.4 Å². The first-order chi connectivity index (χ1) is 14.6. The first-order valence-corrected chi connectivity index (χ1v) is 11.3. The lowest BCUT2D eigenvalue weighted by Crippen LogP contribution is -2.43. The number of nitrogens with zero attached hydrogens (tertiary/aromatic N) is 1. The zero-order valence-electron chi connectivity index (χ0n) is 18.8. The van der Waals surface area contributed by atoms with Gasteiger partial charge in [-0.1, -0.05) is 0 Å². The molecule has 0 aromatic carbocycles. The third kappa shape index (κ3) is 12.6. The van der Waals surface area contributed by atoms with E-state index in [1.165, 1.54) is 6.92 Å². The molecule has 0 spiro atoms. The predicted octanol–water partition coefficient (Wildman–Crippen LogP) is 1.56. The first kappa shape index (κ1) is 27.2. The molecule has 1 heterocycles. The summed E-state index contributed by atoms with van der Waals surface area (Å²) in [7, 11) is 0. The summed E-state index contributed by atoms with van der Waals surface area (Å²) in [6.45, 7) is 10.3. The summed E-state index contributed by atoms with van der Waals surface area (Å²) >= 11 is 0.690. The molecule has 1 fully saturated rings. The van der Waals surface area contributed by atoms with Gasteiger partial charge in [-0.15, -0.1) is 0 Å². The normalized spacial score (nSPS) is 15.6. The minimum Gasteiger partial charge on any atom is -0.464 e. The molecule has 1 saturated heterocycles. The molecular formula is C20H34N2O8S. The third-order valence-corrected chi connectivity index (χ3v) is 5.08. The maximum atomic E-state index is 12.3. The lowest BCUT2D eigenvalue weighted by Gasteiger charge is -2.26. The number of carbonyl (C=O) groups excluding carboxylic acids is 4. The van der Waals surface area contributed by atoms with Gasteiger partial charge in [0.1, 0.15) is 6.04 Å². The van der Waals surface area contributed by atoms with Crippen molar-refractivity contribution in [1.82, 2.24) is 10.2 Å². The Morgan fingerprint density at radius 1 is 1.06 bits per heavy atom. The van der Waals surface area contributed by atoms with Crippen molar-refractivity contribution < 1.29 is 38.1 Å². The topological polar surface area (TPSA) is 120 Å². The van der Waals surface area contributed by atoms with E-state index in [-0.39, 0.29) is 12.4 Å². The number of amides is 1. The molecule has 0 aromatic rings. The number of thioether (sulfide) groups is 1. The second-order valence-corrected chi connectivity index (χ2v) is 9.04. The molecule has 178 valence electrons. The maximum absolute atomic E-state index is 12.3. The molecule has 0 bridgehead atoms. The number of ether oxygens (including phenoxy) is 4. The van der Waals surface area contributed by atoms with E-state index in [1.807, 2.05) is 0 Å². The average Bonchev–Trinajstić information content (AvgIpc) is 2.70. The summed E-state index contributed by atoms with van der Waals surface area (Å²) in [6, 6.07) is -0.980. The number of hydrogen-bond donors (Lipinski definition) is 1. The van der Waals surface area contributed by atoms with Crippen molar-refractivity contribution in [2.75, 3.05) is 52.0 Å². The van der Waals surface area contributed by atoms with Crippen LogP contribution in [0.4, 0.5) is 4.79 Å². The zero-order chi connectivity index (χ0) is 23.3. The van der Waals surface area contributed by atoms with Crippen LogP contribution in [0.15, 0.2) is 0 Å². The van der Waals surface area contributed by atoms with Crippen LogP contribution < -0.4 is 5.32 Å². The summed E-state index contributed by atoms with van der Waals surface area (Å²) in [6.07, 6.45) is 1.58. The van der Waals surface area contributed by atoms with Gasteiger partial charge in [-0.05, 0) is 51.9 Å². The number of carbonyl (C=O) groups is 4. The molecule has 1 atom stereocenters. The largest absolute Gasteiger partial charge is 0.464 e. The van der Waals surface area contributed by atoms with Gasteiger partial charge in [0.05, 0.1) is 25.2 Å². The van der Waals surface area contributed by atoms with E-state index in [0.29, 0.717) is 18.2 Å². The van der Waals surface area contributed by atoms with E-state index in [0.717, 1.165) is 39.3 Å². The van der Waals surface area contributed by atoms with Gasteiger partial charge in [0.25, 0.3) is 0 Å². The van der Waals surface area contributed by atoms with Crippen LogP contribution in [0, 0.1) is 5.41 Å². The zero-order valence-corrected chi connectivity index (χ0v) is 19.6. The molecule has 0 aliphatic carbocycles. The maximum Gasteiger partial charge on any atom is 0.370 e. The van der Waals surface area contributed by atoms with Crippen LogP contribution in [-0.2, 0) is 33.3 Å². The number of esters is 2. The van der Waals surface area contributed by atoms with Gasteiger partial charge in [0.2, 0.25) is 12.7 Å². The highest BCUT2D eigenvalue weighted by Gasteiger charge is 2.25. The standard InChI is InChI=1S/C20H34N2O8S/c1-15(23)21-16(13-31-19(26)30-14-29-18(25)20(2,3)4)17(24)28-10-6-5-7-22-8-11-27-12-9-22/h16H,5-14H2,1-4H3,(H,21,23)/t16-/m0/s1. The lowest BCUT2D eigenvalue weighted by molar-refractivity contribution is -0.160. The van der Waals surface area contributed by atoms with Crippen LogP contribution in [-0.4, -0.2) is 86.1 Å². The minimum atomic E-state index is -0.980. The second kappa shape index (κ2) is 14.3. The van der Waals surface area contributed by atoms with Crippen molar-refractivity contribution >= 4 is 34.9 Å². The number of morpholine rings is 1. The van der Waals surface area contributed by atoms with Gasteiger partial charge in [0, 0.05) is 25.8 Å². The number of unbranched alkanes of at least 4 members (excludes halogenated alkanes) is 1. The van der Waals surface area contributed by atoms with Crippen molar-refractivity contribution in [1.29, 1.82) is 0 Å². The summed E-state index contributed by atoms with van der Waals surface area (Å²) in [5.74, 6) is -1.58. The van der Waals surface area contributed by atoms with Crippen LogP contribution in [0.25, 0.3) is 0 Å². The molecule has 1 aliphatic heterocycles. The summed E-state index contributed by atoms with van der Waals surface area (Å²) in [5, 5.41) is 1.75. The lowest BCUT2D eigenvalue weighted by atomic mass is 9.98. The Morgan fingerprint density at radius 3 is 2.35 bits per heavy atom.